The predicted octanol–water partition coefficient (Wildman–Crippen LogP) is 4.31. The largest absolute Gasteiger partial charge is 0.497 e. The molecule has 1 saturated carbocycles. The molecule has 2 fully saturated rings. The van der Waals surface area contributed by atoms with Crippen LogP contribution in [0.2, 0.25) is 0 Å². The van der Waals surface area contributed by atoms with Crippen molar-refractivity contribution >= 4 is 15.9 Å². The van der Waals surface area contributed by atoms with E-state index in [0.717, 1.165) is 18.1 Å². The summed E-state index contributed by atoms with van der Waals surface area (Å²) in [7, 11) is 1.74. The van der Waals surface area contributed by atoms with Gasteiger partial charge in [0.15, 0.2) is 0 Å². The zero-order chi connectivity index (χ0) is 14.0. The van der Waals surface area contributed by atoms with Crippen molar-refractivity contribution in [1.29, 1.82) is 0 Å². The fourth-order valence-electron chi connectivity index (χ4n) is 3.60. The molecule has 110 valence electrons. The first kappa shape index (κ1) is 14.4. The Bertz CT molecular complexity index is 462. The SMILES string of the molecule is COc1ccc(Br)c(CC2(C3CC3)CCCCCN2)c1. The Morgan fingerprint density at radius 3 is 2.90 bits per heavy atom. The van der Waals surface area contributed by atoms with Crippen LogP contribution in [0.15, 0.2) is 22.7 Å². The maximum absolute atomic E-state index is 5.39. The number of ether oxygens (including phenoxy) is 1. The van der Waals surface area contributed by atoms with E-state index in [1.54, 1.807) is 7.11 Å². The molecule has 20 heavy (non-hydrogen) atoms. The monoisotopic (exact) mass is 337 g/mol. The number of rotatable bonds is 4. The third kappa shape index (κ3) is 3.04. The summed E-state index contributed by atoms with van der Waals surface area (Å²) in [5.74, 6) is 1.83. The van der Waals surface area contributed by atoms with Crippen LogP contribution in [0.1, 0.15) is 44.1 Å². The molecular weight excluding hydrogens is 314 g/mol. The van der Waals surface area contributed by atoms with Crippen molar-refractivity contribution in [3.63, 3.8) is 0 Å². The van der Waals surface area contributed by atoms with Gasteiger partial charge in [-0.25, -0.2) is 0 Å². The van der Waals surface area contributed by atoms with Crippen LogP contribution >= 0.6 is 15.9 Å². The average Bonchev–Trinajstić information content (AvgIpc) is 3.28. The number of hydrogen-bond donors (Lipinski definition) is 1. The minimum absolute atomic E-state index is 0.325. The van der Waals surface area contributed by atoms with Gasteiger partial charge in [-0.3, -0.25) is 0 Å². The van der Waals surface area contributed by atoms with Crippen molar-refractivity contribution in [3.8, 4) is 5.75 Å². The van der Waals surface area contributed by atoms with Crippen LogP contribution in [-0.4, -0.2) is 19.2 Å². The zero-order valence-electron chi connectivity index (χ0n) is 12.3. The second-order valence-electron chi connectivity index (χ2n) is 6.30. The number of benzene rings is 1. The van der Waals surface area contributed by atoms with Gasteiger partial charge in [0.1, 0.15) is 5.75 Å². The van der Waals surface area contributed by atoms with Gasteiger partial charge >= 0.3 is 0 Å². The van der Waals surface area contributed by atoms with E-state index in [2.05, 4.69) is 33.4 Å². The lowest BCUT2D eigenvalue weighted by molar-refractivity contribution is 0.270. The number of hydrogen-bond acceptors (Lipinski definition) is 2. The van der Waals surface area contributed by atoms with Crippen molar-refractivity contribution in [3.05, 3.63) is 28.2 Å². The second kappa shape index (κ2) is 6.07. The van der Waals surface area contributed by atoms with Crippen LogP contribution < -0.4 is 10.1 Å². The van der Waals surface area contributed by atoms with Crippen molar-refractivity contribution in [2.24, 2.45) is 5.92 Å². The number of halogens is 1. The molecule has 0 amide bonds. The molecular formula is C17H24BrNO. The Labute approximate surface area is 130 Å². The van der Waals surface area contributed by atoms with Gasteiger partial charge in [-0.15, -0.1) is 0 Å². The van der Waals surface area contributed by atoms with E-state index >= 15 is 0 Å². The van der Waals surface area contributed by atoms with Crippen LogP contribution in [0.3, 0.4) is 0 Å². The Morgan fingerprint density at radius 1 is 1.30 bits per heavy atom. The Kier molecular flexibility index (Phi) is 4.37. The Morgan fingerprint density at radius 2 is 2.15 bits per heavy atom. The van der Waals surface area contributed by atoms with Crippen molar-refractivity contribution in [2.75, 3.05) is 13.7 Å². The van der Waals surface area contributed by atoms with Gasteiger partial charge in [-0.05, 0) is 68.3 Å². The molecule has 3 rings (SSSR count). The normalized spacial score (nSPS) is 27.1. The third-order valence-electron chi connectivity index (χ3n) is 4.89. The Balaban J connectivity index is 1.85. The maximum atomic E-state index is 5.39. The van der Waals surface area contributed by atoms with E-state index in [-0.39, 0.29) is 0 Å². The summed E-state index contributed by atoms with van der Waals surface area (Å²) in [4.78, 5) is 0. The van der Waals surface area contributed by atoms with Crippen LogP contribution in [0.4, 0.5) is 0 Å². The fourth-order valence-corrected chi connectivity index (χ4v) is 3.99. The summed E-state index contributed by atoms with van der Waals surface area (Å²) in [5, 5.41) is 3.91. The van der Waals surface area contributed by atoms with E-state index in [1.807, 2.05) is 6.07 Å². The highest BCUT2D eigenvalue weighted by atomic mass is 79.9. The third-order valence-corrected chi connectivity index (χ3v) is 5.67. The summed E-state index contributed by atoms with van der Waals surface area (Å²) < 4.78 is 6.60. The first-order valence-corrected chi connectivity index (χ1v) is 8.60. The van der Waals surface area contributed by atoms with Gasteiger partial charge in [0, 0.05) is 10.0 Å². The van der Waals surface area contributed by atoms with Crippen molar-refractivity contribution < 1.29 is 4.74 Å². The molecule has 0 spiro atoms. The molecule has 1 aliphatic heterocycles. The molecule has 1 aliphatic carbocycles. The van der Waals surface area contributed by atoms with Crippen LogP contribution in [0.25, 0.3) is 0 Å². The minimum Gasteiger partial charge on any atom is -0.497 e. The van der Waals surface area contributed by atoms with Crippen molar-refractivity contribution in [2.45, 2.75) is 50.5 Å². The maximum Gasteiger partial charge on any atom is 0.119 e. The summed E-state index contributed by atoms with van der Waals surface area (Å²) in [6.07, 6.45) is 9.31. The van der Waals surface area contributed by atoms with Crippen LogP contribution in [0.5, 0.6) is 5.75 Å². The van der Waals surface area contributed by atoms with E-state index in [4.69, 9.17) is 4.74 Å². The quantitative estimate of drug-likeness (QED) is 0.883. The molecule has 3 heteroatoms. The fraction of sp³-hybridized carbons (Fsp3) is 0.647. The standard InChI is InChI=1S/C17H24BrNO/c1-20-15-7-8-16(18)13(11-15)12-17(14-5-6-14)9-3-2-4-10-19-17/h7-8,11,14,19H,2-6,9-10,12H2,1H3. The summed E-state index contributed by atoms with van der Waals surface area (Å²) in [5.41, 5.74) is 1.71. The van der Waals surface area contributed by atoms with E-state index in [0.29, 0.717) is 5.54 Å². The highest BCUT2D eigenvalue weighted by Gasteiger charge is 2.45. The summed E-state index contributed by atoms with van der Waals surface area (Å²) >= 11 is 3.72. The van der Waals surface area contributed by atoms with Crippen LogP contribution in [0, 0.1) is 5.92 Å². The molecule has 2 nitrogen and oxygen atoms in total. The molecule has 0 bridgehead atoms. The molecule has 1 N–H and O–H groups in total. The van der Waals surface area contributed by atoms with Gasteiger partial charge in [0.2, 0.25) is 0 Å². The van der Waals surface area contributed by atoms with Gasteiger partial charge in [0.05, 0.1) is 7.11 Å². The molecule has 0 aromatic heterocycles. The molecule has 1 saturated heterocycles. The van der Waals surface area contributed by atoms with Gasteiger partial charge in [-0.1, -0.05) is 28.8 Å². The molecule has 1 aromatic rings. The summed E-state index contributed by atoms with van der Waals surface area (Å²) in [6, 6.07) is 6.34. The van der Waals surface area contributed by atoms with Gasteiger partial charge in [0.25, 0.3) is 0 Å². The van der Waals surface area contributed by atoms with E-state index < -0.39 is 0 Å². The summed E-state index contributed by atoms with van der Waals surface area (Å²) in [6.45, 7) is 1.18. The topological polar surface area (TPSA) is 21.3 Å². The van der Waals surface area contributed by atoms with E-state index in [9.17, 15) is 0 Å². The Hall–Kier alpha value is -0.540. The molecule has 0 radical (unpaired) electrons. The first-order chi connectivity index (χ1) is 9.73. The van der Waals surface area contributed by atoms with E-state index in [1.165, 1.54) is 55.1 Å². The molecule has 1 atom stereocenters. The highest BCUT2D eigenvalue weighted by Crippen LogP contribution is 2.46. The molecule has 1 aromatic carbocycles. The lowest BCUT2D eigenvalue weighted by Crippen LogP contribution is -2.48. The number of nitrogens with one attached hydrogen (secondary N) is 1. The molecule has 1 heterocycles. The first-order valence-electron chi connectivity index (χ1n) is 7.81. The molecule has 1 unspecified atom stereocenters. The lowest BCUT2D eigenvalue weighted by Gasteiger charge is -2.35. The van der Waals surface area contributed by atoms with Crippen molar-refractivity contribution in [1.82, 2.24) is 5.32 Å². The lowest BCUT2D eigenvalue weighted by atomic mass is 9.82. The predicted molar refractivity (Wildman–Crippen MR) is 86.3 cm³/mol. The zero-order valence-corrected chi connectivity index (χ0v) is 13.8. The second-order valence-corrected chi connectivity index (χ2v) is 7.16. The smallest absolute Gasteiger partial charge is 0.119 e. The van der Waals surface area contributed by atoms with Gasteiger partial charge < -0.3 is 10.1 Å². The minimum atomic E-state index is 0.325. The van der Waals surface area contributed by atoms with Crippen LogP contribution in [-0.2, 0) is 6.42 Å². The van der Waals surface area contributed by atoms with Gasteiger partial charge in [-0.2, -0.15) is 0 Å². The molecule has 2 aliphatic rings. The average molecular weight is 338 g/mol. The number of methoxy groups -OCH3 is 1. The highest BCUT2D eigenvalue weighted by molar-refractivity contribution is 9.10.